The lowest BCUT2D eigenvalue weighted by molar-refractivity contribution is -0.121. The number of hydrogen-bond acceptors (Lipinski definition) is 2. The monoisotopic (exact) mass is 375 g/mol. The number of benzene rings is 2. The fourth-order valence-corrected chi connectivity index (χ4v) is 3.84. The van der Waals surface area contributed by atoms with Crippen LogP contribution in [0.15, 0.2) is 48.5 Å². The molecule has 2 aromatic rings. The van der Waals surface area contributed by atoms with Crippen LogP contribution in [0.1, 0.15) is 29.2 Å². The van der Waals surface area contributed by atoms with Crippen LogP contribution in [-0.2, 0) is 6.42 Å². The van der Waals surface area contributed by atoms with Crippen LogP contribution in [0.25, 0.3) is 0 Å². The normalized spacial score (nSPS) is 26.1. The number of nitrogens with two attached hydrogens (primary N) is 1. The fourth-order valence-electron chi connectivity index (χ4n) is 3.84. The highest BCUT2D eigenvalue weighted by Gasteiger charge is 2.56. The second-order valence-electron chi connectivity index (χ2n) is 7.12. The zero-order chi connectivity index (χ0) is 19.2. The van der Waals surface area contributed by atoms with E-state index in [4.69, 9.17) is 5.73 Å². The highest BCUT2D eigenvalue weighted by Crippen LogP contribution is 2.38. The highest BCUT2D eigenvalue weighted by molar-refractivity contribution is 5.76. The van der Waals surface area contributed by atoms with Gasteiger partial charge in [-0.05, 0) is 41.7 Å². The Bertz CT molecular complexity index is 856. The van der Waals surface area contributed by atoms with E-state index in [1.807, 2.05) is 24.3 Å². The fraction of sp³-hybridized carbons (Fsp3) is 0.350. The summed E-state index contributed by atoms with van der Waals surface area (Å²) in [6, 6.07) is 10.1. The summed E-state index contributed by atoms with van der Waals surface area (Å²) in [4.78, 5) is 14.4. The number of halogens is 3. The Labute approximate surface area is 155 Å². The third-order valence-corrected chi connectivity index (χ3v) is 5.48. The van der Waals surface area contributed by atoms with Gasteiger partial charge in [-0.2, -0.15) is 0 Å². The van der Waals surface area contributed by atoms with Gasteiger partial charge in [0.1, 0.15) is 5.82 Å². The van der Waals surface area contributed by atoms with Crippen LogP contribution >= 0.6 is 0 Å². The molecule has 1 aliphatic heterocycles. The number of nitrogens with one attached hydrogen (secondary N) is 1. The zero-order valence-electron chi connectivity index (χ0n) is 14.5. The van der Waals surface area contributed by atoms with E-state index >= 15 is 0 Å². The van der Waals surface area contributed by atoms with E-state index in [1.54, 1.807) is 12.1 Å². The van der Waals surface area contributed by atoms with Gasteiger partial charge in [-0.15, -0.1) is 0 Å². The van der Waals surface area contributed by atoms with Crippen molar-refractivity contribution in [3.63, 3.8) is 0 Å². The van der Waals surface area contributed by atoms with Crippen molar-refractivity contribution >= 4 is 6.03 Å². The molecule has 0 spiro atoms. The van der Waals surface area contributed by atoms with Crippen molar-refractivity contribution in [2.24, 2.45) is 5.73 Å². The van der Waals surface area contributed by atoms with Crippen molar-refractivity contribution in [3.05, 3.63) is 71.0 Å². The third kappa shape index (κ3) is 3.06. The summed E-state index contributed by atoms with van der Waals surface area (Å²) in [6.07, 6.45) is 0.673. The molecule has 0 aromatic heterocycles. The quantitative estimate of drug-likeness (QED) is 0.847. The molecule has 4 nitrogen and oxygen atoms in total. The molecule has 2 aliphatic rings. The van der Waals surface area contributed by atoms with Gasteiger partial charge in [0.25, 0.3) is 5.92 Å². The van der Waals surface area contributed by atoms with Gasteiger partial charge in [-0.3, -0.25) is 0 Å². The summed E-state index contributed by atoms with van der Waals surface area (Å²) in [6.45, 7) is 0.384. The van der Waals surface area contributed by atoms with E-state index in [-0.39, 0.29) is 12.2 Å². The van der Waals surface area contributed by atoms with Gasteiger partial charge in [-0.1, -0.05) is 36.4 Å². The number of amides is 2. The van der Waals surface area contributed by atoms with E-state index in [2.05, 4.69) is 5.32 Å². The Morgan fingerprint density at radius 1 is 1.15 bits per heavy atom. The predicted molar refractivity (Wildman–Crippen MR) is 95.0 cm³/mol. The van der Waals surface area contributed by atoms with Crippen molar-refractivity contribution in [2.75, 3.05) is 6.54 Å². The molecule has 0 unspecified atom stereocenters. The molecule has 7 heteroatoms. The van der Waals surface area contributed by atoms with Crippen LogP contribution in [0, 0.1) is 5.82 Å². The Morgan fingerprint density at radius 3 is 2.52 bits per heavy atom. The minimum absolute atomic E-state index is 0.0460. The Kier molecular flexibility index (Phi) is 4.34. The van der Waals surface area contributed by atoms with Crippen molar-refractivity contribution in [1.82, 2.24) is 10.2 Å². The van der Waals surface area contributed by atoms with Gasteiger partial charge in [0.05, 0.1) is 18.1 Å². The summed E-state index contributed by atoms with van der Waals surface area (Å²) in [7, 11) is 0. The molecule has 1 fully saturated rings. The number of alkyl halides is 2. The van der Waals surface area contributed by atoms with E-state index in [9.17, 15) is 18.0 Å². The Balaban J connectivity index is 1.64. The smallest absolute Gasteiger partial charge is 0.318 e. The maximum absolute atomic E-state index is 13.8. The van der Waals surface area contributed by atoms with Gasteiger partial charge in [0, 0.05) is 6.54 Å². The number of nitrogens with zero attached hydrogens (tertiary/aromatic N) is 1. The van der Waals surface area contributed by atoms with Gasteiger partial charge in [-0.25, -0.2) is 18.0 Å². The third-order valence-electron chi connectivity index (χ3n) is 5.48. The average Bonchev–Trinajstić information content (AvgIpc) is 2.67. The first-order valence-electron chi connectivity index (χ1n) is 8.91. The zero-order valence-corrected chi connectivity index (χ0v) is 14.5. The van der Waals surface area contributed by atoms with E-state index in [0.29, 0.717) is 13.0 Å². The number of rotatable bonds is 2. The number of fused-ring (bicyclic) bond motifs is 1. The van der Waals surface area contributed by atoms with Crippen molar-refractivity contribution in [1.29, 1.82) is 0 Å². The molecule has 27 heavy (non-hydrogen) atoms. The predicted octanol–water partition coefficient (Wildman–Crippen LogP) is 3.22. The van der Waals surface area contributed by atoms with E-state index in [0.717, 1.165) is 16.7 Å². The topological polar surface area (TPSA) is 58.4 Å². The number of carbonyl (C=O) groups excluding carboxylic acids is 1. The lowest BCUT2D eigenvalue weighted by atomic mass is 9.82. The maximum Gasteiger partial charge on any atom is 0.318 e. The largest absolute Gasteiger partial charge is 0.329 e. The Morgan fingerprint density at radius 2 is 1.85 bits per heavy atom. The molecule has 142 valence electrons. The summed E-state index contributed by atoms with van der Waals surface area (Å²) >= 11 is 0. The summed E-state index contributed by atoms with van der Waals surface area (Å²) < 4.78 is 41.0. The molecule has 0 bridgehead atoms. The summed E-state index contributed by atoms with van der Waals surface area (Å²) in [5.74, 6) is -3.48. The molecule has 0 radical (unpaired) electrons. The van der Waals surface area contributed by atoms with Crippen LogP contribution in [0.5, 0.6) is 0 Å². The van der Waals surface area contributed by atoms with Gasteiger partial charge in [0.15, 0.2) is 0 Å². The molecule has 4 rings (SSSR count). The first-order chi connectivity index (χ1) is 12.9. The number of hydrogen-bond donors (Lipinski definition) is 2. The minimum Gasteiger partial charge on any atom is -0.329 e. The lowest BCUT2D eigenvalue weighted by Gasteiger charge is -2.44. The second kappa shape index (κ2) is 6.56. The first kappa shape index (κ1) is 17.9. The molecule has 2 amide bonds. The van der Waals surface area contributed by atoms with Gasteiger partial charge < -0.3 is 16.0 Å². The molecule has 2 aromatic carbocycles. The maximum atomic E-state index is 13.8. The molecule has 1 aliphatic carbocycles. The first-order valence-corrected chi connectivity index (χ1v) is 8.91. The molecule has 3 N–H and O–H groups in total. The summed E-state index contributed by atoms with van der Waals surface area (Å²) in [5, 5.41) is 2.43. The number of urea groups is 1. The van der Waals surface area contributed by atoms with Crippen molar-refractivity contribution in [2.45, 2.75) is 36.9 Å². The summed E-state index contributed by atoms with van der Waals surface area (Å²) in [5.41, 5.74) is 8.09. The Hall–Kier alpha value is -2.54. The van der Waals surface area contributed by atoms with Crippen LogP contribution < -0.4 is 11.1 Å². The van der Waals surface area contributed by atoms with Crippen LogP contribution in [-0.4, -0.2) is 35.5 Å². The van der Waals surface area contributed by atoms with E-state index in [1.165, 1.54) is 17.0 Å². The number of carbonyl (C=O) groups is 1. The minimum atomic E-state index is -3.10. The van der Waals surface area contributed by atoms with Crippen LogP contribution in [0.4, 0.5) is 18.0 Å². The second-order valence-corrected chi connectivity index (χ2v) is 7.12. The highest BCUT2D eigenvalue weighted by atomic mass is 19.3. The standard InChI is InChI=1S/C20H20F3N3O/c21-14-7-5-13(6-8-14)18-15-4-2-1-3-12(15)9-10-26(18)19(27)25-17-11-16(24)20(17,22)23/h1-8,16-18H,9-11,24H2,(H,25,27)/t16-,17+,18+/m1/s1. The molecular formula is C20H20F3N3O. The molecular weight excluding hydrogens is 355 g/mol. The van der Waals surface area contributed by atoms with Gasteiger partial charge in [0.2, 0.25) is 0 Å². The van der Waals surface area contributed by atoms with Gasteiger partial charge >= 0.3 is 6.03 Å². The molecule has 1 heterocycles. The van der Waals surface area contributed by atoms with Crippen LogP contribution in [0.2, 0.25) is 0 Å². The van der Waals surface area contributed by atoms with Crippen molar-refractivity contribution in [3.8, 4) is 0 Å². The molecule has 1 saturated carbocycles. The molecule has 0 saturated heterocycles. The SMILES string of the molecule is N[C@@H]1C[C@H](NC(=O)N2CCc3ccccc3[C@@H]2c2ccc(F)cc2)C1(F)F. The van der Waals surface area contributed by atoms with Crippen molar-refractivity contribution < 1.29 is 18.0 Å². The van der Waals surface area contributed by atoms with Crippen LogP contribution in [0.3, 0.4) is 0 Å². The lowest BCUT2D eigenvalue weighted by Crippen LogP contribution is -2.68. The average molecular weight is 375 g/mol. The molecule has 3 atom stereocenters. The van der Waals surface area contributed by atoms with E-state index < -0.39 is 30.1 Å².